The molecule has 0 spiro atoms. The van der Waals surface area contributed by atoms with Crippen LogP contribution in [0.2, 0.25) is 0 Å². The van der Waals surface area contributed by atoms with Crippen molar-refractivity contribution in [3.63, 3.8) is 0 Å². The molecule has 1 aromatic carbocycles. The first-order chi connectivity index (χ1) is 9.78. The maximum absolute atomic E-state index is 12.2. The summed E-state index contributed by atoms with van der Waals surface area (Å²) in [5.41, 5.74) is -0.294. The molecule has 0 amide bonds. The quantitative estimate of drug-likeness (QED) is 0.860. The maximum atomic E-state index is 12.2. The Morgan fingerprint density at radius 3 is 2.48 bits per heavy atom. The van der Waals surface area contributed by atoms with Gasteiger partial charge in [-0.1, -0.05) is 17.7 Å². The molecule has 0 aliphatic carbocycles. The van der Waals surface area contributed by atoms with Gasteiger partial charge in [-0.2, -0.15) is 0 Å². The number of nitrogens with one attached hydrogen (secondary N) is 1. The number of carboxylic acid groups (broad SMARTS) is 1. The highest BCUT2D eigenvalue weighted by Gasteiger charge is 2.18. The van der Waals surface area contributed by atoms with Crippen LogP contribution in [0.4, 0.5) is 0 Å². The van der Waals surface area contributed by atoms with Gasteiger partial charge >= 0.3 is 5.97 Å². The minimum Gasteiger partial charge on any atom is -0.477 e. The summed E-state index contributed by atoms with van der Waals surface area (Å²) in [5.74, 6) is -2.18. The minimum atomic E-state index is -3.71. The number of aromatic amines is 1. The van der Waals surface area contributed by atoms with Crippen LogP contribution in [0.1, 0.15) is 21.9 Å². The third-order valence-corrected chi connectivity index (χ3v) is 4.36. The Balaban J connectivity index is 2.39. The Morgan fingerprint density at radius 2 is 1.90 bits per heavy atom. The Labute approximate surface area is 120 Å². The van der Waals surface area contributed by atoms with Crippen LogP contribution in [0.3, 0.4) is 0 Å². The molecular weight excluding hydrogens is 296 g/mol. The van der Waals surface area contributed by atoms with E-state index in [-0.39, 0.29) is 10.7 Å². The number of aromatic carboxylic acids is 1. The number of hydrogen-bond acceptors (Lipinski definition) is 5. The van der Waals surface area contributed by atoms with Crippen molar-refractivity contribution in [3.8, 4) is 0 Å². The molecule has 0 aliphatic rings. The SMILES string of the molecule is Cc1ccc(S(=O)(=O)Cc2nc(C(=O)O)cc(=O)[nH]2)cc1. The number of sulfone groups is 1. The van der Waals surface area contributed by atoms with Gasteiger partial charge in [0, 0.05) is 6.07 Å². The Kier molecular flexibility index (Phi) is 3.90. The van der Waals surface area contributed by atoms with Crippen LogP contribution in [0.5, 0.6) is 0 Å². The number of rotatable bonds is 4. The average molecular weight is 308 g/mol. The Morgan fingerprint density at radius 1 is 1.29 bits per heavy atom. The number of aryl methyl sites for hydroxylation is 1. The highest BCUT2D eigenvalue weighted by atomic mass is 32.2. The van der Waals surface area contributed by atoms with E-state index in [4.69, 9.17) is 5.11 Å². The summed E-state index contributed by atoms with van der Waals surface area (Å²) < 4.78 is 24.4. The first-order valence-electron chi connectivity index (χ1n) is 5.91. The summed E-state index contributed by atoms with van der Waals surface area (Å²) in [4.78, 5) is 28.1. The van der Waals surface area contributed by atoms with Crippen molar-refractivity contribution in [1.82, 2.24) is 9.97 Å². The molecule has 1 aromatic heterocycles. The van der Waals surface area contributed by atoms with Gasteiger partial charge in [0.2, 0.25) is 0 Å². The third kappa shape index (κ3) is 3.54. The average Bonchev–Trinajstić information content (AvgIpc) is 2.37. The topological polar surface area (TPSA) is 117 Å². The van der Waals surface area contributed by atoms with Gasteiger partial charge < -0.3 is 10.1 Å². The van der Waals surface area contributed by atoms with E-state index in [9.17, 15) is 18.0 Å². The summed E-state index contributed by atoms with van der Waals surface area (Å²) in [5, 5.41) is 8.81. The fourth-order valence-electron chi connectivity index (χ4n) is 1.69. The number of carboxylic acids is 1. The number of carbonyl (C=O) groups is 1. The van der Waals surface area contributed by atoms with E-state index in [0.29, 0.717) is 0 Å². The number of aromatic nitrogens is 2. The highest BCUT2D eigenvalue weighted by molar-refractivity contribution is 7.90. The molecule has 0 bridgehead atoms. The molecule has 2 rings (SSSR count). The Hall–Kier alpha value is -2.48. The largest absolute Gasteiger partial charge is 0.477 e. The van der Waals surface area contributed by atoms with Crippen LogP contribution in [0.25, 0.3) is 0 Å². The number of H-pyrrole nitrogens is 1. The first-order valence-corrected chi connectivity index (χ1v) is 7.56. The van der Waals surface area contributed by atoms with Gasteiger partial charge in [0.15, 0.2) is 15.5 Å². The predicted octanol–water partition coefficient (Wildman–Crippen LogP) is 0.750. The van der Waals surface area contributed by atoms with Crippen LogP contribution in [0.15, 0.2) is 40.0 Å². The van der Waals surface area contributed by atoms with E-state index in [2.05, 4.69) is 9.97 Å². The summed E-state index contributed by atoms with van der Waals surface area (Å²) in [6, 6.07) is 6.99. The number of hydrogen-bond donors (Lipinski definition) is 2. The molecule has 110 valence electrons. The second-order valence-electron chi connectivity index (χ2n) is 4.45. The van der Waals surface area contributed by atoms with Gasteiger partial charge in [0.1, 0.15) is 11.6 Å². The van der Waals surface area contributed by atoms with Crippen molar-refractivity contribution in [3.05, 3.63) is 57.8 Å². The lowest BCUT2D eigenvalue weighted by molar-refractivity contribution is 0.0689. The summed E-state index contributed by atoms with van der Waals surface area (Å²) >= 11 is 0. The van der Waals surface area contributed by atoms with Crippen LogP contribution in [0, 0.1) is 6.92 Å². The molecule has 0 fully saturated rings. The zero-order valence-electron chi connectivity index (χ0n) is 11.0. The number of nitrogens with zero attached hydrogens (tertiary/aromatic N) is 1. The van der Waals surface area contributed by atoms with Gasteiger partial charge in [-0.05, 0) is 19.1 Å². The van der Waals surface area contributed by atoms with Gasteiger partial charge in [0.25, 0.3) is 5.56 Å². The van der Waals surface area contributed by atoms with E-state index in [1.807, 2.05) is 6.92 Å². The fraction of sp³-hybridized carbons (Fsp3) is 0.154. The van der Waals surface area contributed by atoms with Crippen LogP contribution >= 0.6 is 0 Å². The predicted molar refractivity (Wildman–Crippen MR) is 73.9 cm³/mol. The van der Waals surface area contributed by atoms with Gasteiger partial charge in [-0.25, -0.2) is 18.2 Å². The molecule has 0 saturated heterocycles. The maximum Gasteiger partial charge on any atom is 0.354 e. The molecule has 0 unspecified atom stereocenters. The molecule has 2 N–H and O–H groups in total. The van der Waals surface area contributed by atoms with Gasteiger partial charge in [-0.15, -0.1) is 0 Å². The van der Waals surface area contributed by atoms with Gasteiger partial charge in [0.05, 0.1) is 4.90 Å². The van der Waals surface area contributed by atoms with Crippen molar-refractivity contribution in [2.45, 2.75) is 17.6 Å². The summed E-state index contributed by atoms with van der Waals surface area (Å²) in [6.45, 7) is 1.83. The first kappa shape index (κ1) is 14.9. The molecular formula is C13H12N2O5S. The summed E-state index contributed by atoms with van der Waals surface area (Å²) in [7, 11) is -3.71. The highest BCUT2D eigenvalue weighted by Crippen LogP contribution is 2.15. The lowest BCUT2D eigenvalue weighted by Gasteiger charge is -2.05. The van der Waals surface area contributed by atoms with E-state index in [1.54, 1.807) is 12.1 Å². The third-order valence-electron chi connectivity index (χ3n) is 2.72. The van der Waals surface area contributed by atoms with Crippen molar-refractivity contribution in [1.29, 1.82) is 0 Å². The molecule has 0 saturated carbocycles. The molecule has 1 heterocycles. The van der Waals surface area contributed by atoms with Gasteiger partial charge in [-0.3, -0.25) is 4.79 Å². The molecule has 8 heteroatoms. The lowest BCUT2D eigenvalue weighted by atomic mass is 10.2. The lowest BCUT2D eigenvalue weighted by Crippen LogP contribution is -2.18. The smallest absolute Gasteiger partial charge is 0.354 e. The molecule has 0 atom stereocenters. The number of benzene rings is 1. The van der Waals surface area contributed by atoms with Crippen molar-refractivity contribution < 1.29 is 18.3 Å². The summed E-state index contributed by atoms with van der Waals surface area (Å²) in [6.07, 6.45) is 0. The Bertz CT molecular complexity index is 838. The van der Waals surface area contributed by atoms with E-state index < -0.39 is 32.8 Å². The van der Waals surface area contributed by atoms with Crippen LogP contribution in [-0.2, 0) is 15.6 Å². The molecule has 7 nitrogen and oxygen atoms in total. The zero-order valence-corrected chi connectivity index (χ0v) is 11.8. The fourth-order valence-corrected chi connectivity index (χ4v) is 2.91. The molecule has 0 radical (unpaired) electrons. The molecule has 21 heavy (non-hydrogen) atoms. The second-order valence-corrected chi connectivity index (χ2v) is 6.44. The van der Waals surface area contributed by atoms with Crippen molar-refractivity contribution >= 4 is 15.8 Å². The minimum absolute atomic E-state index is 0.0801. The van der Waals surface area contributed by atoms with E-state index in [1.165, 1.54) is 12.1 Å². The normalized spacial score (nSPS) is 11.3. The van der Waals surface area contributed by atoms with Crippen molar-refractivity contribution in [2.75, 3.05) is 0 Å². The van der Waals surface area contributed by atoms with Crippen molar-refractivity contribution in [2.24, 2.45) is 0 Å². The van der Waals surface area contributed by atoms with E-state index >= 15 is 0 Å². The monoisotopic (exact) mass is 308 g/mol. The molecule has 0 aliphatic heterocycles. The molecule has 2 aromatic rings. The second kappa shape index (κ2) is 5.49. The standard InChI is InChI=1S/C13H12N2O5S/c1-8-2-4-9(5-3-8)21(19,20)7-11-14-10(13(17)18)6-12(16)15-11/h2-6H,7H2,1H3,(H,17,18)(H,14,15,16). The van der Waals surface area contributed by atoms with Crippen LogP contribution < -0.4 is 5.56 Å². The zero-order chi connectivity index (χ0) is 15.6. The van der Waals surface area contributed by atoms with Crippen LogP contribution in [-0.4, -0.2) is 29.5 Å². The van der Waals surface area contributed by atoms with E-state index in [0.717, 1.165) is 11.6 Å².